The number of rotatable bonds is 18. The summed E-state index contributed by atoms with van der Waals surface area (Å²) in [5.74, 6) is -73.6. The third kappa shape index (κ3) is 7.49. The second kappa shape index (κ2) is 12.8. The lowest BCUT2D eigenvalue weighted by atomic mass is 9.87. The Labute approximate surface area is 254 Å². The Morgan fingerprint density at radius 2 is 0.792 bits per heavy atom. The molecule has 0 aliphatic rings. The van der Waals surface area contributed by atoms with Gasteiger partial charge >= 0.3 is 58.8 Å². The van der Waals surface area contributed by atoms with Crippen LogP contribution >= 0.6 is 0 Å². The van der Waals surface area contributed by atoms with Crippen LogP contribution in [0.3, 0.4) is 0 Å². The number of alkyl halides is 21. The summed E-state index contributed by atoms with van der Waals surface area (Å²) in [6.45, 7) is -2.30. The van der Waals surface area contributed by atoms with Gasteiger partial charge in [0.1, 0.15) is 0 Å². The normalized spacial score (nSPS) is 16.4. The number of nitrogens with zero attached hydrogens (tertiary/aromatic N) is 1. The maximum absolute atomic E-state index is 14.1. The SMILES string of the molecule is C[N+](C)(CCCNS(=O)(=O)C(F)(F)C(F)(F)C(F)(F)C(F)(F)C(F)(F)C(F)(F)C(F)(F)C(F)(F)C(F)(F)C(F)(F)F)CCCS(=O)(=O)[O-]. The van der Waals surface area contributed by atoms with E-state index in [-0.39, 0.29) is 13.0 Å². The van der Waals surface area contributed by atoms with E-state index in [0.717, 1.165) is 0 Å². The minimum Gasteiger partial charge on any atom is -0.748 e. The number of sulfonamides is 1. The monoisotopic (exact) mass is 806 g/mol. The molecule has 0 aromatic carbocycles. The zero-order chi connectivity index (χ0) is 39.4. The topological polar surface area (TPSA) is 103 Å². The van der Waals surface area contributed by atoms with Crippen LogP contribution in [0.25, 0.3) is 0 Å². The highest BCUT2D eigenvalue weighted by Gasteiger charge is 2.98. The first-order chi connectivity index (χ1) is 20.4. The zero-order valence-electron chi connectivity index (χ0n) is 23.0. The summed E-state index contributed by atoms with van der Waals surface area (Å²) in [6.07, 6.45) is -9.32. The van der Waals surface area contributed by atoms with Gasteiger partial charge < -0.3 is 9.04 Å². The number of hydrogen-bond acceptors (Lipinski definition) is 5. The van der Waals surface area contributed by atoms with Crippen LogP contribution in [-0.4, -0.2) is 124 Å². The number of halogens is 21. The van der Waals surface area contributed by atoms with Crippen LogP contribution in [0.15, 0.2) is 0 Å². The van der Waals surface area contributed by atoms with E-state index in [2.05, 4.69) is 0 Å². The molecule has 290 valence electrons. The van der Waals surface area contributed by atoms with Crippen molar-refractivity contribution in [3.8, 4) is 0 Å². The maximum Gasteiger partial charge on any atom is 0.460 e. The van der Waals surface area contributed by atoms with Crippen molar-refractivity contribution in [2.45, 2.75) is 71.7 Å². The molecule has 0 saturated heterocycles. The van der Waals surface area contributed by atoms with Crippen molar-refractivity contribution in [3.05, 3.63) is 0 Å². The molecule has 0 spiro atoms. The molecule has 0 bridgehead atoms. The number of hydrogen-bond donors (Lipinski definition) is 1. The smallest absolute Gasteiger partial charge is 0.460 e. The fourth-order valence-corrected chi connectivity index (χ4v) is 4.84. The average molecular weight is 806 g/mol. The summed E-state index contributed by atoms with van der Waals surface area (Å²) in [5, 5.41) is -7.86. The van der Waals surface area contributed by atoms with Crippen molar-refractivity contribution in [3.63, 3.8) is 0 Å². The van der Waals surface area contributed by atoms with E-state index in [1.54, 1.807) is 0 Å². The molecule has 1 N–H and O–H groups in total. The molecular weight excluding hydrogens is 787 g/mol. The quantitative estimate of drug-likeness (QED) is 0.0849. The van der Waals surface area contributed by atoms with Crippen molar-refractivity contribution < 1.29 is 118 Å². The van der Waals surface area contributed by atoms with Crippen molar-refractivity contribution >= 4 is 20.1 Å². The zero-order valence-corrected chi connectivity index (χ0v) is 24.6. The van der Waals surface area contributed by atoms with Crippen molar-refractivity contribution in [1.82, 2.24) is 4.72 Å². The molecule has 0 unspecified atom stereocenters. The molecule has 0 aromatic heterocycles. The lowest BCUT2D eigenvalue weighted by Crippen LogP contribution is -2.77. The van der Waals surface area contributed by atoms with Gasteiger partial charge in [-0.25, -0.2) is 21.6 Å². The van der Waals surface area contributed by atoms with Crippen LogP contribution in [0, 0.1) is 0 Å². The molecule has 0 amide bonds. The Morgan fingerprint density at radius 3 is 1.10 bits per heavy atom. The minimum atomic E-state index is -9.40. The molecule has 48 heavy (non-hydrogen) atoms. The van der Waals surface area contributed by atoms with Gasteiger partial charge in [-0.1, -0.05) is 0 Å². The van der Waals surface area contributed by atoms with Gasteiger partial charge in [-0.3, -0.25) is 0 Å². The first kappa shape index (κ1) is 46.3. The molecule has 0 aromatic rings. The fourth-order valence-electron chi connectivity index (χ4n) is 3.30. The van der Waals surface area contributed by atoms with Gasteiger partial charge in [-0.2, -0.15) is 92.2 Å². The number of nitrogens with one attached hydrogen (secondary N) is 1. The van der Waals surface area contributed by atoms with Gasteiger partial charge in [0, 0.05) is 25.1 Å². The third-order valence-corrected chi connectivity index (χ3v) is 8.51. The number of quaternary nitrogens is 1. The fraction of sp³-hybridized carbons (Fsp3) is 1.00. The van der Waals surface area contributed by atoms with E-state index >= 15 is 0 Å². The van der Waals surface area contributed by atoms with Crippen molar-refractivity contribution in [2.75, 3.05) is 39.5 Å². The molecule has 0 fully saturated rings. The largest absolute Gasteiger partial charge is 0.748 e. The van der Waals surface area contributed by atoms with E-state index in [1.165, 1.54) is 14.1 Å². The molecule has 7 nitrogen and oxygen atoms in total. The standard InChI is InChI=1S/C18H19F21N2O5S2/c1-41(2,7-4-8-47(42,43)44)6-3-5-40-48(45,46)18(38,39)16(33,34)14(29,30)12(25,26)10(21,22)9(19,20)11(23,24)13(27,28)15(31,32)17(35,36)37/h40H,3-8H2,1-2H3. The second-order valence-corrected chi connectivity index (χ2v) is 13.7. The van der Waals surface area contributed by atoms with Gasteiger partial charge in [0.2, 0.25) is 0 Å². The van der Waals surface area contributed by atoms with Crippen LogP contribution in [-0.2, 0) is 20.1 Å². The first-order valence-corrected chi connectivity index (χ1v) is 14.7. The summed E-state index contributed by atoms with van der Waals surface area (Å²) < 4.78 is 337. The molecule has 30 heteroatoms. The summed E-state index contributed by atoms with van der Waals surface area (Å²) in [6, 6.07) is 0. The van der Waals surface area contributed by atoms with Crippen LogP contribution in [0.2, 0.25) is 0 Å². The Kier molecular flexibility index (Phi) is 12.4. The average Bonchev–Trinajstić information content (AvgIpc) is 2.83. The maximum atomic E-state index is 14.1. The van der Waals surface area contributed by atoms with Gasteiger partial charge in [0.05, 0.1) is 37.3 Å². The molecule has 0 atom stereocenters. The third-order valence-electron chi connectivity index (χ3n) is 6.21. The Hall–Kier alpha value is -1.69. The molecule has 0 heterocycles. The lowest BCUT2D eigenvalue weighted by molar-refractivity contribution is -0.890. The van der Waals surface area contributed by atoms with Crippen LogP contribution < -0.4 is 4.72 Å². The highest BCUT2D eigenvalue weighted by molar-refractivity contribution is 7.90. The van der Waals surface area contributed by atoms with Gasteiger partial charge in [-0.15, -0.1) is 0 Å². The summed E-state index contributed by atoms with van der Waals surface area (Å²) in [5.41, 5.74) is 0. The van der Waals surface area contributed by atoms with Crippen LogP contribution in [0.1, 0.15) is 12.8 Å². The Balaban J connectivity index is 6.54. The predicted molar refractivity (Wildman–Crippen MR) is 113 cm³/mol. The minimum absolute atomic E-state index is 0.249. The highest BCUT2D eigenvalue weighted by Crippen LogP contribution is 2.66. The molecule has 0 aliphatic heterocycles. The van der Waals surface area contributed by atoms with Crippen molar-refractivity contribution in [2.24, 2.45) is 0 Å². The van der Waals surface area contributed by atoms with Gasteiger partial charge in [0.15, 0.2) is 0 Å². The molecule has 0 rings (SSSR count). The van der Waals surface area contributed by atoms with Gasteiger partial charge in [0.25, 0.3) is 10.0 Å². The Morgan fingerprint density at radius 1 is 0.500 bits per heavy atom. The molecular formula is C18H19F21N2O5S2. The van der Waals surface area contributed by atoms with E-state index in [0.29, 0.717) is 4.72 Å². The van der Waals surface area contributed by atoms with Crippen LogP contribution in [0.5, 0.6) is 0 Å². The van der Waals surface area contributed by atoms with Crippen molar-refractivity contribution in [1.29, 1.82) is 0 Å². The van der Waals surface area contributed by atoms with E-state index in [4.69, 9.17) is 0 Å². The Bertz CT molecular complexity index is 1360. The highest BCUT2D eigenvalue weighted by atomic mass is 32.2. The summed E-state index contributed by atoms with van der Waals surface area (Å²) >= 11 is 0. The first-order valence-electron chi connectivity index (χ1n) is 11.6. The molecule has 0 aliphatic carbocycles. The second-order valence-electron chi connectivity index (χ2n) is 10.4. The van der Waals surface area contributed by atoms with E-state index < -0.39 is 109 Å². The van der Waals surface area contributed by atoms with E-state index in [1.807, 2.05) is 0 Å². The molecule has 0 radical (unpaired) electrons. The predicted octanol–water partition coefficient (Wildman–Crippen LogP) is 5.55. The van der Waals surface area contributed by atoms with Crippen LogP contribution in [0.4, 0.5) is 92.2 Å². The van der Waals surface area contributed by atoms with Gasteiger partial charge in [-0.05, 0) is 0 Å². The summed E-state index contributed by atoms with van der Waals surface area (Å²) in [4.78, 5) is 0. The lowest BCUT2D eigenvalue weighted by Gasteiger charge is -2.44. The summed E-state index contributed by atoms with van der Waals surface area (Å²) in [7, 11) is -9.94. The molecule has 0 saturated carbocycles. The van der Waals surface area contributed by atoms with E-state index in [9.17, 15) is 114 Å².